The lowest BCUT2D eigenvalue weighted by atomic mass is 10.2. The van der Waals surface area contributed by atoms with Gasteiger partial charge in [0.1, 0.15) is 5.75 Å². The zero-order chi connectivity index (χ0) is 19.3. The van der Waals surface area contributed by atoms with Crippen LogP contribution in [0.4, 0.5) is 5.82 Å². The van der Waals surface area contributed by atoms with Gasteiger partial charge in [0.15, 0.2) is 22.1 Å². The topological polar surface area (TPSA) is 65.3 Å². The van der Waals surface area contributed by atoms with E-state index in [-0.39, 0.29) is 0 Å². The fourth-order valence-electron chi connectivity index (χ4n) is 3.11. The molecule has 0 saturated carbocycles. The molecule has 0 atom stereocenters. The predicted molar refractivity (Wildman–Crippen MR) is 111 cm³/mol. The second-order valence-corrected chi connectivity index (χ2v) is 7.37. The standard InChI is InChI=1S/C20H23N5O2S/c1-3-8-25-14-21-17-18(24-9-11-27-12-10-24)22-20(23-19(17)25)28-13-15-4-6-16(26-2)7-5-15/h3-7,14H,1,8-13H2,2H3. The second kappa shape index (κ2) is 8.62. The molecule has 0 N–H and O–H groups in total. The molecule has 0 spiro atoms. The quantitative estimate of drug-likeness (QED) is 0.345. The first-order chi connectivity index (χ1) is 13.8. The van der Waals surface area contributed by atoms with Gasteiger partial charge >= 0.3 is 0 Å². The lowest BCUT2D eigenvalue weighted by molar-refractivity contribution is 0.122. The minimum atomic E-state index is 0.665. The van der Waals surface area contributed by atoms with E-state index in [0.29, 0.717) is 19.8 Å². The van der Waals surface area contributed by atoms with Crippen molar-refractivity contribution < 1.29 is 9.47 Å². The number of nitrogens with zero attached hydrogens (tertiary/aromatic N) is 5. The van der Waals surface area contributed by atoms with Crippen molar-refractivity contribution in [3.8, 4) is 5.75 Å². The number of anilines is 1. The minimum absolute atomic E-state index is 0.665. The summed E-state index contributed by atoms with van der Waals surface area (Å²) in [5.41, 5.74) is 2.87. The number of hydrogen-bond acceptors (Lipinski definition) is 7. The average molecular weight is 398 g/mol. The van der Waals surface area contributed by atoms with Crippen molar-refractivity contribution >= 4 is 28.7 Å². The maximum atomic E-state index is 5.49. The van der Waals surface area contributed by atoms with Crippen molar-refractivity contribution in [2.24, 2.45) is 0 Å². The molecule has 146 valence electrons. The van der Waals surface area contributed by atoms with Crippen molar-refractivity contribution in [1.82, 2.24) is 19.5 Å². The summed E-state index contributed by atoms with van der Waals surface area (Å²) in [6.45, 7) is 7.52. The van der Waals surface area contributed by atoms with E-state index in [2.05, 4.69) is 28.6 Å². The van der Waals surface area contributed by atoms with Crippen LogP contribution in [0, 0.1) is 0 Å². The number of benzene rings is 1. The highest BCUT2D eigenvalue weighted by Crippen LogP contribution is 2.29. The van der Waals surface area contributed by atoms with Gasteiger partial charge in [-0.2, -0.15) is 0 Å². The van der Waals surface area contributed by atoms with E-state index in [0.717, 1.165) is 46.7 Å². The zero-order valence-electron chi connectivity index (χ0n) is 15.9. The number of rotatable bonds is 7. The molecule has 1 fully saturated rings. The number of imidazole rings is 1. The van der Waals surface area contributed by atoms with Gasteiger partial charge in [-0.15, -0.1) is 6.58 Å². The molecular weight excluding hydrogens is 374 g/mol. The molecule has 0 unspecified atom stereocenters. The van der Waals surface area contributed by atoms with Crippen LogP contribution >= 0.6 is 11.8 Å². The molecule has 8 heteroatoms. The first kappa shape index (κ1) is 18.8. The Kier molecular flexibility index (Phi) is 5.78. The third-order valence-electron chi connectivity index (χ3n) is 4.59. The summed E-state index contributed by atoms with van der Waals surface area (Å²) in [5, 5.41) is 0.746. The molecule has 2 aromatic heterocycles. The molecule has 1 saturated heterocycles. The van der Waals surface area contributed by atoms with E-state index >= 15 is 0 Å². The van der Waals surface area contributed by atoms with Crippen LogP contribution in [0.15, 0.2) is 48.4 Å². The molecule has 0 aliphatic carbocycles. The van der Waals surface area contributed by atoms with Crippen molar-refractivity contribution in [1.29, 1.82) is 0 Å². The van der Waals surface area contributed by atoms with E-state index in [4.69, 9.17) is 19.4 Å². The molecule has 1 aliphatic heterocycles. The van der Waals surface area contributed by atoms with E-state index in [9.17, 15) is 0 Å². The van der Waals surface area contributed by atoms with Gasteiger partial charge < -0.3 is 18.9 Å². The maximum Gasteiger partial charge on any atom is 0.191 e. The molecule has 0 radical (unpaired) electrons. The summed E-state index contributed by atoms with van der Waals surface area (Å²) in [4.78, 5) is 16.4. The summed E-state index contributed by atoms with van der Waals surface area (Å²) in [7, 11) is 1.67. The Balaban J connectivity index is 1.64. The van der Waals surface area contributed by atoms with Crippen LogP contribution in [0.1, 0.15) is 5.56 Å². The van der Waals surface area contributed by atoms with Gasteiger partial charge in [-0.3, -0.25) is 0 Å². The van der Waals surface area contributed by atoms with Gasteiger partial charge in [0.25, 0.3) is 0 Å². The molecule has 0 bridgehead atoms. The lowest BCUT2D eigenvalue weighted by Gasteiger charge is -2.28. The fourth-order valence-corrected chi connectivity index (χ4v) is 3.90. The first-order valence-electron chi connectivity index (χ1n) is 9.20. The highest BCUT2D eigenvalue weighted by Gasteiger charge is 2.20. The molecule has 0 amide bonds. The number of hydrogen-bond donors (Lipinski definition) is 0. The third-order valence-corrected chi connectivity index (χ3v) is 5.51. The van der Waals surface area contributed by atoms with Crippen LogP contribution in [0.25, 0.3) is 11.2 Å². The van der Waals surface area contributed by atoms with Crippen molar-refractivity contribution in [3.05, 3.63) is 48.8 Å². The summed E-state index contributed by atoms with van der Waals surface area (Å²) < 4.78 is 12.7. The number of allylic oxidation sites excluding steroid dienone is 1. The first-order valence-corrected chi connectivity index (χ1v) is 10.2. The molecule has 1 aliphatic rings. The van der Waals surface area contributed by atoms with Gasteiger partial charge in [-0.1, -0.05) is 30.0 Å². The largest absolute Gasteiger partial charge is 0.497 e. The Bertz CT molecular complexity index is 951. The average Bonchev–Trinajstić information content (AvgIpc) is 3.16. The number of morpholine rings is 1. The van der Waals surface area contributed by atoms with Crippen molar-refractivity contribution in [3.63, 3.8) is 0 Å². The Morgan fingerprint density at radius 1 is 1.21 bits per heavy atom. The SMILES string of the molecule is C=CCn1cnc2c(N3CCOCC3)nc(SCc3ccc(OC)cc3)nc21. The van der Waals surface area contributed by atoms with Gasteiger partial charge in [-0.05, 0) is 17.7 Å². The van der Waals surface area contributed by atoms with E-state index < -0.39 is 0 Å². The van der Waals surface area contributed by atoms with Crippen LogP contribution < -0.4 is 9.64 Å². The Morgan fingerprint density at radius 3 is 2.71 bits per heavy atom. The van der Waals surface area contributed by atoms with Gasteiger partial charge in [0.2, 0.25) is 0 Å². The molecule has 3 aromatic rings. The smallest absolute Gasteiger partial charge is 0.191 e. The minimum Gasteiger partial charge on any atom is -0.497 e. The highest BCUT2D eigenvalue weighted by molar-refractivity contribution is 7.98. The fraction of sp³-hybridized carbons (Fsp3) is 0.350. The molecule has 28 heavy (non-hydrogen) atoms. The summed E-state index contributed by atoms with van der Waals surface area (Å²) in [6, 6.07) is 8.07. The maximum absolute atomic E-state index is 5.49. The molecule has 1 aromatic carbocycles. The van der Waals surface area contributed by atoms with Gasteiger partial charge in [0.05, 0.1) is 26.7 Å². The monoisotopic (exact) mass is 397 g/mol. The number of thioether (sulfide) groups is 1. The summed E-state index contributed by atoms with van der Waals surface area (Å²) in [5.74, 6) is 2.52. The van der Waals surface area contributed by atoms with Crippen LogP contribution in [-0.2, 0) is 17.0 Å². The zero-order valence-corrected chi connectivity index (χ0v) is 16.7. The van der Waals surface area contributed by atoms with E-state index in [1.807, 2.05) is 29.1 Å². The predicted octanol–water partition coefficient (Wildman–Crippen LogP) is 3.15. The normalized spacial score (nSPS) is 14.4. The van der Waals surface area contributed by atoms with Crippen LogP contribution in [-0.4, -0.2) is 52.9 Å². The van der Waals surface area contributed by atoms with Gasteiger partial charge in [0, 0.05) is 25.4 Å². The van der Waals surface area contributed by atoms with Crippen LogP contribution in [0.2, 0.25) is 0 Å². The molecule has 3 heterocycles. The molecule has 4 rings (SSSR count). The summed E-state index contributed by atoms with van der Waals surface area (Å²) >= 11 is 1.62. The number of ether oxygens (including phenoxy) is 2. The Labute approximate surface area is 168 Å². The lowest BCUT2D eigenvalue weighted by Crippen LogP contribution is -2.37. The number of methoxy groups -OCH3 is 1. The van der Waals surface area contributed by atoms with E-state index in [1.165, 1.54) is 5.56 Å². The van der Waals surface area contributed by atoms with Crippen LogP contribution in [0.5, 0.6) is 5.75 Å². The number of fused-ring (bicyclic) bond motifs is 1. The van der Waals surface area contributed by atoms with Crippen molar-refractivity contribution in [2.45, 2.75) is 17.5 Å². The highest BCUT2D eigenvalue weighted by atomic mass is 32.2. The van der Waals surface area contributed by atoms with Gasteiger partial charge in [-0.25, -0.2) is 15.0 Å². The molecular formula is C20H23N5O2S. The Morgan fingerprint density at radius 2 is 2.00 bits per heavy atom. The van der Waals surface area contributed by atoms with Crippen LogP contribution in [0.3, 0.4) is 0 Å². The molecule has 7 nitrogen and oxygen atoms in total. The Hall–Kier alpha value is -2.58. The third kappa shape index (κ3) is 3.98. The number of aromatic nitrogens is 4. The van der Waals surface area contributed by atoms with Crippen molar-refractivity contribution in [2.75, 3.05) is 38.3 Å². The second-order valence-electron chi connectivity index (χ2n) is 6.42. The summed E-state index contributed by atoms with van der Waals surface area (Å²) in [6.07, 6.45) is 3.66. The van der Waals surface area contributed by atoms with E-state index in [1.54, 1.807) is 18.9 Å².